The van der Waals surface area contributed by atoms with E-state index in [0.29, 0.717) is 6.04 Å². The second-order valence-corrected chi connectivity index (χ2v) is 5.78. The highest BCUT2D eigenvalue weighted by atomic mass is 16.2. The van der Waals surface area contributed by atoms with Gasteiger partial charge < -0.3 is 9.80 Å². The zero-order chi connectivity index (χ0) is 22.1. The summed E-state index contributed by atoms with van der Waals surface area (Å²) >= 11 is 0. The molecule has 3 heteroatoms. The summed E-state index contributed by atoms with van der Waals surface area (Å²) in [6.45, 7) is 30.6. The van der Waals surface area contributed by atoms with E-state index in [9.17, 15) is 4.79 Å². The minimum atomic E-state index is 0.229. The van der Waals surface area contributed by atoms with E-state index in [1.165, 1.54) is 24.8 Å². The van der Waals surface area contributed by atoms with Crippen LogP contribution in [0.4, 0.5) is 0 Å². The smallest absolute Gasteiger partial charge is 0.219 e. The monoisotopic (exact) mass is 374 g/mol. The van der Waals surface area contributed by atoms with E-state index in [-0.39, 0.29) is 5.91 Å². The predicted molar refractivity (Wildman–Crippen MR) is 124 cm³/mol. The van der Waals surface area contributed by atoms with Crippen LogP contribution in [0.5, 0.6) is 0 Å². The molecule has 1 aliphatic rings. The van der Waals surface area contributed by atoms with Crippen molar-refractivity contribution in [1.29, 1.82) is 0 Å². The van der Waals surface area contributed by atoms with E-state index in [0.717, 1.165) is 19.6 Å². The second kappa shape index (κ2) is 31.9. The van der Waals surface area contributed by atoms with Gasteiger partial charge in [0.15, 0.2) is 0 Å². The van der Waals surface area contributed by atoms with E-state index >= 15 is 0 Å². The Morgan fingerprint density at radius 1 is 1.00 bits per heavy atom. The highest BCUT2D eigenvalue weighted by Gasteiger charge is 2.26. The van der Waals surface area contributed by atoms with E-state index < -0.39 is 0 Å². The summed E-state index contributed by atoms with van der Waals surface area (Å²) in [5.41, 5.74) is 1.17. The maximum Gasteiger partial charge on any atom is 0.219 e. The first kappa shape index (κ1) is 36.1. The van der Waals surface area contributed by atoms with Crippen LogP contribution in [0.15, 0.2) is 12.2 Å². The summed E-state index contributed by atoms with van der Waals surface area (Å²) in [4.78, 5) is 15.5. The minimum absolute atomic E-state index is 0.229. The molecule has 0 aromatic heterocycles. The molecule has 1 unspecified atom stereocenters. The Morgan fingerprint density at radius 3 is 1.62 bits per heavy atom. The molecule has 0 aromatic rings. The lowest BCUT2D eigenvalue weighted by atomic mass is 10.2. The van der Waals surface area contributed by atoms with Crippen molar-refractivity contribution in [3.8, 4) is 0 Å². The number of allylic oxidation sites excluding steroid dienone is 1. The summed E-state index contributed by atoms with van der Waals surface area (Å²) in [5, 5.41) is 0. The number of carbonyl (C=O) groups excluding carboxylic acids is 1. The third-order valence-corrected chi connectivity index (χ3v) is 2.84. The van der Waals surface area contributed by atoms with Gasteiger partial charge in [0.05, 0.1) is 0 Å². The molecule has 1 atom stereocenters. The van der Waals surface area contributed by atoms with Crippen molar-refractivity contribution in [2.24, 2.45) is 0 Å². The van der Waals surface area contributed by atoms with Crippen molar-refractivity contribution in [1.82, 2.24) is 9.80 Å². The number of nitrogens with zero attached hydrogens (tertiary/aromatic N) is 2. The minimum Gasteiger partial charge on any atom is -0.339 e. The van der Waals surface area contributed by atoms with Crippen LogP contribution >= 0.6 is 0 Å². The standard InChI is InChI=1S/C10H20N2O.C4H8.C3H8.3C2H6/c1-4-11(3)8-10-6-5-7-12(10)9(2)13;1-4(2)3;1-3-2;3*1-2/h10H,4-8H2,1-3H3;1H2,2-3H3;3H2,1-2H3;3*1-2H3. The van der Waals surface area contributed by atoms with Crippen molar-refractivity contribution < 1.29 is 4.79 Å². The van der Waals surface area contributed by atoms with Gasteiger partial charge in [0.1, 0.15) is 0 Å². The maximum absolute atomic E-state index is 11.2. The summed E-state index contributed by atoms with van der Waals surface area (Å²) in [7, 11) is 2.11. The number of likely N-dealkylation sites (N-methyl/N-ethyl adjacent to an activating group) is 1. The Hall–Kier alpha value is -0.830. The maximum atomic E-state index is 11.2. The SMILES string of the molecule is C=C(C)C.CC.CC.CC.CCC.CCN(C)CC1CCCN1C(C)=O. The number of amides is 1. The molecule has 1 rings (SSSR count). The quantitative estimate of drug-likeness (QED) is 0.495. The topological polar surface area (TPSA) is 23.6 Å². The molecule has 1 aliphatic heterocycles. The first-order valence-corrected chi connectivity index (χ1v) is 10.9. The fraction of sp³-hybridized carbons (Fsp3) is 0.870. The van der Waals surface area contributed by atoms with Crippen LogP contribution in [0.2, 0.25) is 0 Å². The molecule has 1 saturated heterocycles. The highest BCUT2D eigenvalue weighted by Crippen LogP contribution is 2.17. The van der Waals surface area contributed by atoms with Crippen molar-refractivity contribution in [3.63, 3.8) is 0 Å². The Bertz CT molecular complexity index is 261. The van der Waals surface area contributed by atoms with Gasteiger partial charge in [-0.05, 0) is 40.3 Å². The van der Waals surface area contributed by atoms with Crippen LogP contribution in [0, 0.1) is 0 Å². The molecule has 1 heterocycles. The van der Waals surface area contributed by atoms with E-state index in [1.54, 1.807) is 6.92 Å². The number of likely N-dealkylation sites (tertiary alicyclic amines) is 1. The second-order valence-electron chi connectivity index (χ2n) is 5.78. The van der Waals surface area contributed by atoms with Crippen LogP contribution in [-0.2, 0) is 4.79 Å². The van der Waals surface area contributed by atoms with Gasteiger partial charge in [-0.2, -0.15) is 0 Å². The van der Waals surface area contributed by atoms with Gasteiger partial charge in [-0.15, -0.1) is 6.58 Å². The Kier molecular flexibility index (Phi) is 44.3. The highest BCUT2D eigenvalue weighted by molar-refractivity contribution is 5.73. The van der Waals surface area contributed by atoms with Gasteiger partial charge in [-0.25, -0.2) is 0 Å². The third-order valence-electron chi connectivity index (χ3n) is 2.84. The molecule has 1 fully saturated rings. The molecule has 0 spiro atoms. The molecule has 0 bridgehead atoms. The average Bonchev–Trinajstić information content (AvgIpc) is 3.09. The molecule has 0 N–H and O–H groups in total. The Balaban J connectivity index is -0.0000000944. The lowest BCUT2D eigenvalue weighted by Gasteiger charge is -2.27. The summed E-state index contributed by atoms with van der Waals surface area (Å²) < 4.78 is 0. The average molecular weight is 375 g/mol. The summed E-state index contributed by atoms with van der Waals surface area (Å²) in [6, 6.07) is 0.461. The molecular weight excluding hydrogens is 320 g/mol. The number of hydrogen-bond acceptors (Lipinski definition) is 2. The molecule has 0 aliphatic carbocycles. The van der Waals surface area contributed by atoms with Crippen molar-refractivity contribution in [2.45, 2.75) is 108 Å². The van der Waals surface area contributed by atoms with Crippen molar-refractivity contribution >= 4 is 5.91 Å². The lowest BCUT2D eigenvalue weighted by molar-refractivity contribution is -0.129. The molecule has 3 nitrogen and oxygen atoms in total. The van der Waals surface area contributed by atoms with Gasteiger partial charge >= 0.3 is 0 Å². The van der Waals surface area contributed by atoms with Crippen LogP contribution in [0.25, 0.3) is 0 Å². The number of hydrogen-bond donors (Lipinski definition) is 0. The fourth-order valence-electron chi connectivity index (χ4n) is 1.93. The first-order valence-electron chi connectivity index (χ1n) is 10.9. The van der Waals surface area contributed by atoms with Gasteiger partial charge in [-0.1, -0.05) is 74.3 Å². The molecule has 1 amide bonds. The van der Waals surface area contributed by atoms with Crippen LogP contribution in [0.3, 0.4) is 0 Å². The molecule has 0 saturated carbocycles. The summed E-state index contributed by atoms with van der Waals surface area (Å²) in [6.07, 6.45) is 3.59. The van der Waals surface area contributed by atoms with Gasteiger partial charge in [0.25, 0.3) is 0 Å². The van der Waals surface area contributed by atoms with Crippen molar-refractivity contribution in [2.75, 3.05) is 26.7 Å². The normalized spacial score (nSPS) is 13.8. The molecule has 0 aromatic carbocycles. The van der Waals surface area contributed by atoms with Crippen LogP contribution in [-0.4, -0.2) is 48.4 Å². The van der Waals surface area contributed by atoms with Gasteiger partial charge in [0, 0.05) is 26.1 Å². The zero-order valence-electron chi connectivity index (χ0n) is 20.8. The van der Waals surface area contributed by atoms with Crippen LogP contribution in [0.1, 0.15) is 102 Å². The van der Waals surface area contributed by atoms with E-state index in [1.807, 2.05) is 60.3 Å². The van der Waals surface area contributed by atoms with Crippen molar-refractivity contribution in [3.05, 3.63) is 12.2 Å². The van der Waals surface area contributed by atoms with Gasteiger partial charge in [-0.3, -0.25) is 4.79 Å². The predicted octanol–water partition coefficient (Wildman–Crippen LogP) is 7.03. The molecule has 162 valence electrons. The number of rotatable bonds is 3. The Morgan fingerprint density at radius 2 is 1.35 bits per heavy atom. The Labute approximate surface area is 168 Å². The molecule has 26 heavy (non-hydrogen) atoms. The molecular formula is C23H54N2O. The van der Waals surface area contributed by atoms with Gasteiger partial charge in [0.2, 0.25) is 5.91 Å². The zero-order valence-corrected chi connectivity index (χ0v) is 20.8. The fourth-order valence-corrected chi connectivity index (χ4v) is 1.93. The van der Waals surface area contributed by atoms with Crippen LogP contribution < -0.4 is 0 Å². The number of carbonyl (C=O) groups is 1. The summed E-state index contributed by atoms with van der Waals surface area (Å²) in [5.74, 6) is 0.229. The van der Waals surface area contributed by atoms with E-state index in [4.69, 9.17) is 0 Å². The largest absolute Gasteiger partial charge is 0.339 e. The van der Waals surface area contributed by atoms with E-state index in [2.05, 4.69) is 39.3 Å². The first-order chi connectivity index (χ1) is 12.3. The third kappa shape index (κ3) is 31.0. The lowest BCUT2D eigenvalue weighted by Crippen LogP contribution is -2.41. The molecule has 0 radical (unpaired) electrons.